The number of halogens is 2. The van der Waals surface area contributed by atoms with Crippen LogP contribution in [0.25, 0.3) is 17.0 Å². The van der Waals surface area contributed by atoms with Crippen LogP contribution >= 0.6 is 35.0 Å². The van der Waals surface area contributed by atoms with Crippen molar-refractivity contribution in [3.05, 3.63) is 74.7 Å². The highest BCUT2D eigenvalue weighted by Crippen LogP contribution is 2.36. The van der Waals surface area contributed by atoms with Gasteiger partial charge in [0.15, 0.2) is 5.17 Å². The fraction of sp³-hybridized carbons (Fsp3) is 0.136. The van der Waals surface area contributed by atoms with E-state index in [9.17, 15) is 4.79 Å². The topological polar surface area (TPSA) is 54.4 Å². The SMILES string of the molecule is CC(C)c1ccnc2ccc(/C=C3/SC(=Nc4c(Cl)cccc4Cl)NC3=O)cc12. The van der Waals surface area contributed by atoms with Gasteiger partial charge in [-0.2, -0.15) is 0 Å². The van der Waals surface area contributed by atoms with Gasteiger partial charge in [-0.1, -0.05) is 49.2 Å². The molecule has 0 spiro atoms. The van der Waals surface area contributed by atoms with Crippen molar-refractivity contribution < 1.29 is 4.79 Å². The number of benzene rings is 2. The maximum Gasteiger partial charge on any atom is 0.264 e. The maximum atomic E-state index is 12.4. The van der Waals surface area contributed by atoms with Crippen molar-refractivity contribution in [1.29, 1.82) is 0 Å². The van der Waals surface area contributed by atoms with Crippen LogP contribution in [-0.2, 0) is 4.79 Å². The first-order valence-electron chi connectivity index (χ1n) is 9.04. The molecule has 2 aromatic carbocycles. The first kappa shape index (κ1) is 20.0. The molecule has 0 aliphatic carbocycles. The predicted octanol–water partition coefficient (Wildman–Crippen LogP) is 6.56. The third-order valence-corrected chi connectivity index (χ3v) is 6.04. The molecule has 3 aromatic rings. The Morgan fingerprint density at radius 3 is 2.62 bits per heavy atom. The molecule has 0 bridgehead atoms. The van der Waals surface area contributed by atoms with E-state index < -0.39 is 0 Å². The number of amides is 1. The zero-order valence-corrected chi connectivity index (χ0v) is 18.1. The number of pyridine rings is 1. The Kier molecular flexibility index (Phi) is 5.63. The predicted molar refractivity (Wildman–Crippen MR) is 123 cm³/mol. The number of aromatic nitrogens is 1. The number of para-hydroxylation sites is 1. The number of thioether (sulfide) groups is 1. The number of carbonyl (C=O) groups excluding carboxylic acids is 1. The van der Waals surface area contributed by atoms with Gasteiger partial charge in [0.25, 0.3) is 5.91 Å². The summed E-state index contributed by atoms with van der Waals surface area (Å²) in [6.07, 6.45) is 3.69. The van der Waals surface area contributed by atoms with Crippen LogP contribution in [0.1, 0.15) is 30.9 Å². The highest BCUT2D eigenvalue weighted by Gasteiger charge is 2.24. The second-order valence-corrected chi connectivity index (χ2v) is 8.73. The van der Waals surface area contributed by atoms with Crippen molar-refractivity contribution in [3.63, 3.8) is 0 Å². The van der Waals surface area contributed by atoms with Crippen LogP contribution in [0.15, 0.2) is 58.6 Å². The third-order valence-electron chi connectivity index (χ3n) is 4.52. The zero-order chi connectivity index (χ0) is 20.5. The number of nitrogens with zero attached hydrogens (tertiary/aromatic N) is 2. The Labute approximate surface area is 183 Å². The first-order valence-corrected chi connectivity index (χ1v) is 10.6. The summed E-state index contributed by atoms with van der Waals surface area (Å²) in [5, 5.41) is 5.17. The number of amidine groups is 1. The van der Waals surface area contributed by atoms with Crippen LogP contribution in [0.3, 0.4) is 0 Å². The van der Waals surface area contributed by atoms with Crippen LogP contribution < -0.4 is 5.32 Å². The molecule has 2 heterocycles. The standard InChI is InChI=1S/C22H17Cl2N3OS/c1-12(2)14-8-9-25-18-7-6-13(10-15(14)18)11-19-21(28)27-22(29-19)26-20-16(23)4-3-5-17(20)24/h3-12H,1-2H3,(H,26,27,28)/b19-11+. The molecule has 1 N–H and O–H groups in total. The lowest BCUT2D eigenvalue weighted by Crippen LogP contribution is -2.19. The van der Waals surface area contributed by atoms with Gasteiger partial charge in [0.2, 0.25) is 0 Å². The molecule has 4 nitrogen and oxygen atoms in total. The molecule has 1 amide bonds. The van der Waals surface area contributed by atoms with E-state index in [0.717, 1.165) is 16.5 Å². The number of hydrogen-bond acceptors (Lipinski definition) is 4. The second-order valence-electron chi connectivity index (χ2n) is 6.88. The number of rotatable bonds is 3. The van der Waals surface area contributed by atoms with Gasteiger partial charge >= 0.3 is 0 Å². The van der Waals surface area contributed by atoms with Gasteiger partial charge in [-0.15, -0.1) is 0 Å². The summed E-state index contributed by atoms with van der Waals surface area (Å²) in [6, 6.07) is 13.2. The lowest BCUT2D eigenvalue weighted by atomic mass is 9.97. The summed E-state index contributed by atoms with van der Waals surface area (Å²) in [5.74, 6) is 0.180. The van der Waals surface area contributed by atoms with Crippen molar-refractivity contribution >= 4 is 68.7 Å². The van der Waals surface area contributed by atoms with Crippen LogP contribution in [0, 0.1) is 0 Å². The smallest absolute Gasteiger partial charge is 0.264 e. The lowest BCUT2D eigenvalue weighted by molar-refractivity contribution is -0.115. The van der Waals surface area contributed by atoms with E-state index >= 15 is 0 Å². The minimum atomic E-state index is -0.202. The van der Waals surface area contributed by atoms with Crippen LogP contribution in [-0.4, -0.2) is 16.1 Å². The summed E-state index contributed by atoms with van der Waals surface area (Å²) in [4.78, 5) is 21.8. The summed E-state index contributed by atoms with van der Waals surface area (Å²) in [5.41, 5.74) is 3.55. The molecule has 1 saturated heterocycles. The molecule has 0 unspecified atom stereocenters. The Hall–Kier alpha value is -2.34. The lowest BCUT2D eigenvalue weighted by Gasteiger charge is -2.09. The van der Waals surface area contributed by atoms with Crippen molar-refractivity contribution in [2.45, 2.75) is 19.8 Å². The van der Waals surface area contributed by atoms with Crippen molar-refractivity contribution in [1.82, 2.24) is 10.3 Å². The summed E-state index contributed by atoms with van der Waals surface area (Å²) in [6.45, 7) is 4.31. The van der Waals surface area contributed by atoms with Gasteiger partial charge in [0.1, 0.15) is 5.69 Å². The summed E-state index contributed by atoms with van der Waals surface area (Å²) < 4.78 is 0. The Bertz CT molecular complexity index is 1170. The van der Waals surface area contributed by atoms with E-state index in [4.69, 9.17) is 23.2 Å². The molecule has 7 heteroatoms. The molecule has 0 radical (unpaired) electrons. The highest BCUT2D eigenvalue weighted by molar-refractivity contribution is 8.18. The first-order chi connectivity index (χ1) is 13.9. The molecule has 0 atom stereocenters. The zero-order valence-electron chi connectivity index (χ0n) is 15.7. The highest BCUT2D eigenvalue weighted by atomic mass is 35.5. The van der Waals surface area contributed by atoms with Crippen LogP contribution in [0.2, 0.25) is 10.0 Å². The largest absolute Gasteiger partial charge is 0.300 e. The van der Waals surface area contributed by atoms with E-state index in [2.05, 4.69) is 35.2 Å². The van der Waals surface area contributed by atoms with Crippen molar-refractivity contribution in [2.75, 3.05) is 0 Å². The van der Waals surface area contributed by atoms with Gasteiger partial charge < -0.3 is 5.32 Å². The second kappa shape index (κ2) is 8.19. The number of aliphatic imine (C=N–C) groups is 1. The van der Waals surface area contributed by atoms with Gasteiger partial charge in [-0.3, -0.25) is 9.78 Å². The average Bonchev–Trinajstić information content (AvgIpc) is 3.03. The molecule has 1 fully saturated rings. The molecule has 1 aromatic heterocycles. The van der Waals surface area contributed by atoms with Gasteiger partial charge in [-0.05, 0) is 65.2 Å². The van der Waals surface area contributed by atoms with E-state index in [1.54, 1.807) is 18.2 Å². The fourth-order valence-corrected chi connectivity index (χ4v) is 4.42. The van der Waals surface area contributed by atoms with E-state index in [0.29, 0.717) is 31.7 Å². The number of fused-ring (bicyclic) bond motifs is 1. The fourth-order valence-electron chi connectivity index (χ4n) is 3.11. The molecule has 4 rings (SSSR count). The van der Waals surface area contributed by atoms with E-state index in [1.807, 2.05) is 30.5 Å². The molecular weight excluding hydrogens is 425 g/mol. The molecule has 1 aliphatic rings. The monoisotopic (exact) mass is 441 g/mol. The Morgan fingerprint density at radius 1 is 1.14 bits per heavy atom. The number of hydrogen-bond donors (Lipinski definition) is 1. The van der Waals surface area contributed by atoms with Crippen LogP contribution in [0.5, 0.6) is 0 Å². The van der Waals surface area contributed by atoms with Crippen molar-refractivity contribution in [3.8, 4) is 0 Å². The Balaban J connectivity index is 1.68. The molecule has 1 aliphatic heterocycles. The molecule has 29 heavy (non-hydrogen) atoms. The minimum Gasteiger partial charge on any atom is -0.300 e. The number of nitrogens with one attached hydrogen (secondary N) is 1. The quantitative estimate of drug-likeness (QED) is 0.468. The molecular formula is C22H17Cl2N3OS. The van der Waals surface area contributed by atoms with Crippen molar-refractivity contribution in [2.24, 2.45) is 4.99 Å². The van der Waals surface area contributed by atoms with Crippen LogP contribution in [0.4, 0.5) is 5.69 Å². The van der Waals surface area contributed by atoms with E-state index in [1.165, 1.54) is 17.3 Å². The van der Waals surface area contributed by atoms with Gasteiger partial charge in [0.05, 0.1) is 20.5 Å². The summed E-state index contributed by atoms with van der Waals surface area (Å²) in [7, 11) is 0. The maximum absolute atomic E-state index is 12.4. The molecule has 146 valence electrons. The summed E-state index contributed by atoms with van der Waals surface area (Å²) >= 11 is 13.6. The van der Waals surface area contributed by atoms with Gasteiger partial charge in [0, 0.05) is 11.6 Å². The average molecular weight is 442 g/mol. The number of carbonyl (C=O) groups is 1. The Morgan fingerprint density at radius 2 is 1.90 bits per heavy atom. The van der Waals surface area contributed by atoms with E-state index in [-0.39, 0.29) is 5.91 Å². The normalized spacial score (nSPS) is 16.9. The minimum absolute atomic E-state index is 0.202. The third kappa shape index (κ3) is 4.17. The van der Waals surface area contributed by atoms with Gasteiger partial charge in [-0.25, -0.2) is 4.99 Å². The molecule has 0 saturated carbocycles.